The molecule has 0 fully saturated rings. The lowest BCUT2D eigenvalue weighted by atomic mass is 10.1. The minimum Gasteiger partial charge on any atom is -0.497 e. The molecule has 0 unspecified atom stereocenters. The number of hydrogen-bond acceptors (Lipinski definition) is 4. The molecular formula is C18H14N2O3. The first-order chi connectivity index (χ1) is 11.2. The fraction of sp³-hybridized carbons (Fsp3) is 0.111. The standard InChI is InChI=1S/C18H14N2O3/c1-11-16-17(14-5-3-4-6-15(14)23-11)19-20(18(16)21)12-7-9-13(22-2)10-8-12/h3-10H,1-2H3. The van der Waals surface area contributed by atoms with E-state index in [9.17, 15) is 4.79 Å². The number of methoxy groups -OCH3 is 1. The Morgan fingerprint density at radius 1 is 1.09 bits per heavy atom. The molecule has 5 heteroatoms. The van der Waals surface area contributed by atoms with Gasteiger partial charge in [-0.05, 0) is 43.3 Å². The molecule has 2 aliphatic rings. The molecule has 2 aliphatic heterocycles. The fourth-order valence-corrected chi connectivity index (χ4v) is 2.77. The van der Waals surface area contributed by atoms with Crippen molar-refractivity contribution in [3.63, 3.8) is 0 Å². The van der Waals surface area contributed by atoms with Gasteiger partial charge in [-0.2, -0.15) is 9.78 Å². The summed E-state index contributed by atoms with van der Waals surface area (Å²) in [6.07, 6.45) is 0. The van der Waals surface area contributed by atoms with E-state index in [1.165, 1.54) is 4.68 Å². The molecule has 2 aromatic carbocycles. The van der Waals surface area contributed by atoms with Crippen LogP contribution < -0.4 is 10.3 Å². The lowest BCUT2D eigenvalue weighted by Crippen LogP contribution is -2.14. The van der Waals surface area contributed by atoms with Crippen LogP contribution in [0.5, 0.6) is 5.75 Å². The highest BCUT2D eigenvalue weighted by molar-refractivity contribution is 5.92. The Morgan fingerprint density at radius 2 is 1.83 bits per heavy atom. The van der Waals surface area contributed by atoms with Crippen LogP contribution in [0.1, 0.15) is 5.76 Å². The van der Waals surface area contributed by atoms with E-state index in [0.717, 1.165) is 16.7 Å². The Labute approximate surface area is 132 Å². The highest BCUT2D eigenvalue weighted by Crippen LogP contribution is 2.30. The molecule has 0 spiro atoms. The van der Waals surface area contributed by atoms with Crippen molar-refractivity contribution in [1.29, 1.82) is 0 Å². The van der Waals surface area contributed by atoms with E-state index in [0.29, 0.717) is 22.7 Å². The van der Waals surface area contributed by atoms with Crippen molar-refractivity contribution < 1.29 is 9.15 Å². The van der Waals surface area contributed by atoms with Crippen molar-refractivity contribution in [2.45, 2.75) is 6.92 Å². The summed E-state index contributed by atoms with van der Waals surface area (Å²) in [5, 5.41) is 5.36. The second-order valence-corrected chi connectivity index (χ2v) is 5.29. The topological polar surface area (TPSA) is 57.3 Å². The lowest BCUT2D eigenvalue weighted by molar-refractivity contribution is 0.414. The molecular weight excluding hydrogens is 292 g/mol. The molecule has 4 rings (SSSR count). The Bertz CT molecular complexity index is 1030. The number of para-hydroxylation sites is 1. The highest BCUT2D eigenvalue weighted by atomic mass is 16.5. The van der Waals surface area contributed by atoms with Crippen molar-refractivity contribution >= 4 is 11.0 Å². The minimum atomic E-state index is -0.183. The summed E-state index contributed by atoms with van der Waals surface area (Å²) in [5.41, 5.74) is 2.40. The van der Waals surface area contributed by atoms with E-state index in [1.54, 1.807) is 38.3 Å². The molecule has 5 nitrogen and oxygen atoms in total. The van der Waals surface area contributed by atoms with Crippen LogP contribution in [0.25, 0.3) is 27.9 Å². The Balaban J connectivity index is 2.03. The zero-order chi connectivity index (χ0) is 16.0. The molecule has 0 bridgehead atoms. The molecule has 0 atom stereocenters. The number of fused-ring (bicyclic) bond motifs is 3. The fourth-order valence-electron chi connectivity index (χ4n) is 2.77. The van der Waals surface area contributed by atoms with Crippen molar-refractivity contribution in [3.8, 4) is 22.7 Å². The lowest BCUT2D eigenvalue weighted by Gasteiger charge is -2.04. The van der Waals surface area contributed by atoms with Gasteiger partial charge in [0.25, 0.3) is 5.56 Å². The molecule has 0 radical (unpaired) electrons. The summed E-state index contributed by atoms with van der Waals surface area (Å²) in [7, 11) is 1.60. The van der Waals surface area contributed by atoms with E-state index in [2.05, 4.69) is 5.10 Å². The third kappa shape index (κ3) is 2.01. The van der Waals surface area contributed by atoms with Crippen LogP contribution in [-0.4, -0.2) is 16.9 Å². The first-order valence-corrected chi connectivity index (χ1v) is 7.24. The zero-order valence-electron chi connectivity index (χ0n) is 12.7. The van der Waals surface area contributed by atoms with Crippen LogP contribution in [-0.2, 0) is 0 Å². The van der Waals surface area contributed by atoms with Crippen LogP contribution in [0.3, 0.4) is 0 Å². The largest absolute Gasteiger partial charge is 0.497 e. The summed E-state index contributed by atoms with van der Waals surface area (Å²) < 4.78 is 12.3. The van der Waals surface area contributed by atoms with Gasteiger partial charge in [-0.25, -0.2) is 0 Å². The SMILES string of the molecule is COc1ccc(-n2nc3c4ccccc4oc(C)c-3c2=O)cc1. The first kappa shape index (κ1) is 13.6. The Kier molecular flexibility index (Phi) is 2.94. The number of nitrogens with zero attached hydrogens (tertiary/aromatic N) is 2. The van der Waals surface area contributed by atoms with Crippen LogP contribution in [0.15, 0.2) is 57.7 Å². The number of ether oxygens (including phenoxy) is 1. The molecule has 0 N–H and O–H groups in total. The summed E-state index contributed by atoms with van der Waals surface area (Å²) >= 11 is 0. The van der Waals surface area contributed by atoms with Crippen LogP contribution in [0, 0.1) is 6.92 Å². The van der Waals surface area contributed by atoms with Gasteiger partial charge in [0.15, 0.2) is 0 Å². The van der Waals surface area contributed by atoms with E-state index >= 15 is 0 Å². The van der Waals surface area contributed by atoms with E-state index < -0.39 is 0 Å². The van der Waals surface area contributed by atoms with Gasteiger partial charge >= 0.3 is 0 Å². The van der Waals surface area contributed by atoms with Crippen molar-refractivity contribution in [3.05, 3.63) is 64.6 Å². The van der Waals surface area contributed by atoms with Gasteiger partial charge in [-0.15, -0.1) is 0 Å². The first-order valence-electron chi connectivity index (χ1n) is 7.24. The highest BCUT2D eigenvalue weighted by Gasteiger charge is 2.23. The van der Waals surface area contributed by atoms with Gasteiger partial charge in [0.05, 0.1) is 12.8 Å². The summed E-state index contributed by atoms with van der Waals surface area (Å²) in [5.74, 6) is 1.30. The average Bonchev–Trinajstić information content (AvgIpc) is 2.93. The number of rotatable bonds is 2. The molecule has 0 amide bonds. The Hall–Kier alpha value is -3.08. The molecule has 114 valence electrons. The van der Waals surface area contributed by atoms with E-state index in [4.69, 9.17) is 9.15 Å². The molecule has 0 saturated heterocycles. The van der Waals surface area contributed by atoms with Gasteiger partial charge in [0.2, 0.25) is 0 Å². The maximum absolute atomic E-state index is 12.8. The summed E-state index contributed by atoms with van der Waals surface area (Å²) in [4.78, 5) is 12.8. The van der Waals surface area contributed by atoms with Crippen molar-refractivity contribution in [1.82, 2.24) is 9.78 Å². The van der Waals surface area contributed by atoms with Gasteiger partial charge in [0, 0.05) is 5.39 Å². The Morgan fingerprint density at radius 3 is 2.57 bits per heavy atom. The predicted molar refractivity (Wildman–Crippen MR) is 87.5 cm³/mol. The van der Waals surface area contributed by atoms with Crippen LogP contribution >= 0.6 is 0 Å². The molecule has 2 aromatic rings. The zero-order valence-corrected chi connectivity index (χ0v) is 12.7. The number of aryl methyl sites for hydroxylation is 1. The minimum absolute atomic E-state index is 0.183. The third-order valence-corrected chi connectivity index (χ3v) is 3.92. The maximum atomic E-state index is 12.8. The molecule has 0 aromatic heterocycles. The van der Waals surface area contributed by atoms with E-state index in [-0.39, 0.29) is 5.56 Å². The number of hydrogen-bond donors (Lipinski definition) is 0. The van der Waals surface area contributed by atoms with Crippen molar-refractivity contribution in [2.75, 3.05) is 7.11 Å². The summed E-state index contributed by atoms with van der Waals surface area (Å²) in [6.45, 7) is 1.79. The third-order valence-electron chi connectivity index (χ3n) is 3.92. The van der Waals surface area contributed by atoms with Crippen LogP contribution in [0.4, 0.5) is 0 Å². The predicted octanol–water partition coefficient (Wildman–Crippen LogP) is 3.40. The van der Waals surface area contributed by atoms with Crippen molar-refractivity contribution in [2.24, 2.45) is 0 Å². The number of benzene rings is 2. The monoisotopic (exact) mass is 306 g/mol. The van der Waals surface area contributed by atoms with E-state index in [1.807, 2.05) is 24.3 Å². The van der Waals surface area contributed by atoms with Gasteiger partial charge in [-0.1, -0.05) is 12.1 Å². The molecule has 23 heavy (non-hydrogen) atoms. The molecule has 2 heterocycles. The normalized spacial score (nSPS) is 11.2. The number of aromatic nitrogens is 2. The second kappa shape index (κ2) is 4.98. The van der Waals surface area contributed by atoms with Crippen LogP contribution in [0.2, 0.25) is 0 Å². The van der Waals surface area contributed by atoms with Gasteiger partial charge in [0.1, 0.15) is 28.4 Å². The summed E-state index contributed by atoms with van der Waals surface area (Å²) in [6, 6.07) is 14.8. The molecule has 0 saturated carbocycles. The maximum Gasteiger partial charge on any atom is 0.284 e. The average molecular weight is 306 g/mol. The second-order valence-electron chi connectivity index (χ2n) is 5.29. The molecule has 0 aliphatic carbocycles. The van der Waals surface area contributed by atoms with Gasteiger partial charge < -0.3 is 9.15 Å². The quantitative estimate of drug-likeness (QED) is 0.569. The smallest absolute Gasteiger partial charge is 0.284 e. The van der Waals surface area contributed by atoms with Gasteiger partial charge in [-0.3, -0.25) is 4.79 Å².